The highest BCUT2D eigenvalue weighted by Gasteiger charge is 2.29. The van der Waals surface area contributed by atoms with Crippen LogP contribution in [0.4, 0.5) is 0 Å². The number of likely N-dealkylation sites (tertiary alicyclic amines) is 1. The largest absolute Gasteiger partial charge is 0.496 e. The monoisotopic (exact) mass is 358 g/mol. The van der Waals surface area contributed by atoms with Gasteiger partial charge in [-0.1, -0.05) is 37.5 Å². The first-order valence-electron chi connectivity index (χ1n) is 9.88. The number of benzene rings is 1. The van der Waals surface area contributed by atoms with Gasteiger partial charge in [0.2, 0.25) is 11.8 Å². The first kappa shape index (κ1) is 18.7. The minimum Gasteiger partial charge on any atom is -0.496 e. The normalized spacial score (nSPS) is 18.7. The quantitative estimate of drug-likeness (QED) is 0.783. The summed E-state index contributed by atoms with van der Waals surface area (Å²) in [6, 6.07) is 8.15. The molecule has 0 spiro atoms. The van der Waals surface area contributed by atoms with Crippen LogP contribution in [0.1, 0.15) is 56.9 Å². The van der Waals surface area contributed by atoms with Crippen LogP contribution in [0.3, 0.4) is 0 Å². The maximum atomic E-state index is 13.2. The predicted octanol–water partition coefficient (Wildman–Crippen LogP) is 3.37. The minimum absolute atomic E-state index is 0.0676. The Morgan fingerprint density at radius 2 is 1.92 bits per heavy atom. The van der Waals surface area contributed by atoms with E-state index >= 15 is 0 Å². The third-order valence-corrected chi connectivity index (χ3v) is 5.62. The fourth-order valence-corrected chi connectivity index (χ4v) is 4.11. The second-order valence-electron chi connectivity index (χ2n) is 7.40. The molecule has 26 heavy (non-hydrogen) atoms. The Hall–Kier alpha value is -2.04. The van der Waals surface area contributed by atoms with Crippen LogP contribution >= 0.6 is 0 Å². The first-order chi connectivity index (χ1) is 12.7. The van der Waals surface area contributed by atoms with Gasteiger partial charge in [-0.2, -0.15) is 0 Å². The number of carbonyl (C=O) groups excluding carboxylic acids is 2. The van der Waals surface area contributed by atoms with Gasteiger partial charge in [-0.3, -0.25) is 9.59 Å². The molecule has 0 aromatic heterocycles. The number of para-hydroxylation sites is 1. The van der Waals surface area contributed by atoms with Crippen molar-refractivity contribution in [3.63, 3.8) is 0 Å². The number of rotatable bonds is 6. The average Bonchev–Trinajstić information content (AvgIpc) is 3.11. The molecule has 1 saturated carbocycles. The van der Waals surface area contributed by atoms with Gasteiger partial charge in [0.05, 0.1) is 13.7 Å². The zero-order chi connectivity index (χ0) is 18.4. The third kappa shape index (κ3) is 4.57. The van der Waals surface area contributed by atoms with E-state index in [0.29, 0.717) is 19.5 Å². The van der Waals surface area contributed by atoms with Gasteiger partial charge in [0.1, 0.15) is 5.75 Å². The van der Waals surface area contributed by atoms with Crippen molar-refractivity contribution in [3.05, 3.63) is 29.8 Å². The topological polar surface area (TPSA) is 49.9 Å². The van der Waals surface area contributed by atoms with Gasteiger partial charge >= 0.3 is 0 Å². The van der Waals surface area contributed by atoms with Crippen LogP contribution in [0.5, 0.6) is 5.75 Å². The van der Waals surface area contributed by atoms with Crippen molar-refractivity contribution < 1.29 is 14.3 Å². The van der Waals surface area contributed by atoms with E-state index in [9.17, 15) is 9.59 Å². The van der Waals surface area contributed by atoms with E-state index in [1.54, 1.807) is 12.0 Å². The molecule has 5 nitrogen and oxygen atoms in total. The van der Waals surface area contributed by atoms with Gasteiger partial charge in [-0.05, 0) is 31.7 Å². The summed E-state index contributed by atoms with van der Waals surface area (Å²) >= 11 is 0. The molecule has 1 aromatic rings. The van der Waals surface area contributed by atoms with E-state index in [2.05, 4.69) is 0 Å². The highest BCUT2D eigenvalue weighted by molar-refractivity contribution is 5.85. The molecule has 5 heteroatoms. The Morgan fingerprint density at radius 1 is 1.15 bits per heavy atom. The standard InChI is InChI=1S/C21H30N2O3/c1-26-19-12-7-4-9-17(19)15-23(18-10-5-6-11-18)21(25)16-22-14-8-2-3-13-20(22)24/h4,7,9,12,18H,2-3,5-6,8,10-11,13-16H2,1H3. The summed E-state index contributed by atoms with van der Waals surface area (Å²) in [5, 5.41) is 0. The number of hydrogen-bond donors (Lipinski definition) is 0. The van der Waals surface area contributed by atoms with Gasteiger partial charge in [0.15, 0.2) is 0 Å². The highest BCUT2D eigenvalue weighted by Crippen LogP contribution is 2.28. The Kier molecular flexibility index (Phi) is 6.53. The third-order valence-electron chi connectivity index (χ3n) is 5.62. The molecule has 1 aromatic carbocycles. The number of carbonyl (C=O) groups is 2. The van der Waals surface area contributed by atoms with Crippen LogP contribution in [0.2, 0.25) is 0 Å². The first-order valence-corrected chi connectivity index (χ1v) is 9.88. The maximum absolute atomic E-state index is 13.2. The van der Waals surface area contributed by atoms with Crippen LogP contribution in [-0.2, 0) is 16.1 Å². The molecule has 2 amide bonds. The molecule has 3 rings (SSSR count). The smallest absolute Gasteiger partial charge is 0.242 e. The molecule has 1 aliphatic heterocycles. The lowest BCUT2D eigenvalue weighted by molar-refractivity contribution is -0.142. The van der Waals surface area contributed by atoms with Crippen molar-refractivity contribution >= 4 is 11.8 Å². The summed E-state index contributed by atoms with van der Waals surface area (Å²) in [6.07, 6.45) is 8.02. The number of ether oxygens (including phenoxy) is 1. The molecule has 2 fully saturated rings. The lowest BCUT2D eigenvalue weighted by Gasteiger charge is -2.32. The van der Waals surface area contributed by atoms with Crippen molar-refractivity contribution in [2.24, 2.45) is 0 Å². The minimum atomic E-state index is 0.0676. The van der Waals surface area contributed by atoms with Gasteiger partial charge in [0, 0.05) is 31.1 Å². The van der Waals surface area contributed by atoms with Crippen molar-refractivity contribution in [2.75, 3.05) is 20.2 Å². The predicted molar refractivity (Wildman–Crippen MR) is 101 cm³/mol. The van der Waals surface area contributed by atoms with Gasteiger partial charge in [0.25, 0.3) is 0 Å². The molecule has 0 radical (unpaired) electrons. The molecule has 2 aliphatic rings. The van der Waals surface area contributed by atoms with Crippen LogP contribution in [0.15, 0.2) is 24.3 Å². The Balaban J connectivity index is 1.74. The lowest BCUT2D eigenvalue weighted by Crippen LogP contribution is -2.46. The van der Waals surface area contributed by atoms with Gasteiger partial charge in [-0.15, -0.1) is 0 Å². The molecule has 1 aliphatic carbocycles. The fourth-order valence-electron chi connectivity index (χ4n) is 4.11. The molecule has 0 bridgehead atoms. The van der Waals surface area contributed by atoms with Gasteiger partial charge < -0.3 is 14.5 Å². The van der Waals surface area contributed by atoms with Crippen LogP contribution in [-0.4, -0.2) is 47.9 Å². The zero-order valence-corrected chi connectivity index (χ0v) is 15.8. The number of amides is 2. The van der Waals surface area contributed by atoms with Crippen LogP contribution in [0, 0.1) is 0 Å². The van der Waals surface area contributed by atoms with E-state index in [4.69, 9.17) is 4.74 Å². The Labute approximate surface area is 156 Å². The van der Waals surface area contributed by atoms with E-state index in [1.165, 1.54) is 12.8 Å². The molecule has 0 atom stereocenters. The fraction of sp³-hybridized carbons (Fsp3) is 0.619. The number of methoxy groups -OCH3 is 1. The second kappa shape index (κ2) is 9.06. The molecule has 1 heterocycles. The van der Waals surface area contributed by atoms with Crippen molar-refractivity contribution in [2.45, 2.75) is 64.0 Å². The number of hydrogen-bond acceptors (Lipinski definition) is 3. The SMILES string of the molecule is COc1ccccc1CN(C(=O)CN1CCCCCC1=O)C1CCCC1. The Bertz CT molecular complexity index is 625. The molecule has 0 N–H and O–H groups in total. The molecular formula is C21H30N2O3. The van der Waals surface area contributed by atoms with E-state index in [-0.39, 0.29) is 24.4 Å². The summed E-state index contributed by atoms with van der Waals surface area (Å²) < 4.78 is 5.47. The van der Waals surface area contributed by atoms with E-state index in [1.807, 2.05) is 29.2 Å². The number of nitrogens with zero attached hydrogens (tertiary/aromatic N) is 2. The zero-order valence-electron chi connectivity index (χ0n) is 15.8. The van der Waals surface area contributed by atoms with Crippen molar-refractivity contribution in [1.29, 1.82) is 0 Å². The Morgan fingerprint density at radius 3 is 2.69 bits per heavy atom. The van der Waals surface area contributed by atoms with Crippen LogP contribution in [0.25, 0.3) is 0 Å². The summed E-state index contributed by atoms with van der Waals surface area (Å²) in [6.45, 7) is 1.47. The summed E-state index contributed by atoms with van der Waals surface area (Å²) in [7, 11) is 1.66. The van der Waals surface area contributed by atoms with Crippen molar-refractivity contribution in [3.8, 4) is 5.75 Å². The molecule has 0 unspecified atom stereocenters. The molecule has 142 valence electrons. The second-order valence-corrected chi connectivity index (χ2v) is 7.40. The summed E-state index contributed by atoms with van der Waals surface area (Å²) in [4.78, 5) is 29.2. The maximum Gasteiger partial charge on any atom is 0.242 e. The van der Waals surface area contributed by atoms with E-state index in [0.717, 1.165) is 43.4 Å². The lowest BCUT2D eigenvalue weighted by atomic mass is 10.1. The molecule has 1 saturated heterocycles. The van der Waals surface area contributed by atoms with E-state index < -0.39 is 0 Å². The summed E-state index contributed by atoms with van der Waals surface area (Å²) in [5.41, 5.74) is 1.03. The molecular weight excluding hydrogens is 328 g/mol. The highest BCUT2D eigenvalue weighted by atomic mass is 16.5. The van der Waals surface area contributed by atoms with Crippen LogP contribution < -0.4 is 4.74 Å². The van der Waals surface area contributed by atoms with Crippen molar-refractivity contribution in [1.82, 2.24) is 9.80 Å². The average molecular weight is 358 g/mol. The van der Waals surface area contributed by atoms with Gasteiger partial charge in [-0.25, -0.2) is 0 Å². The summed E-state index contributed by atoms with van der Waals surface area (Å²) in [5.74, 6) is 1.01.